The molecule has 0 spiro atoms. The summed E-state index contributed by atoms with van der Waals surface area (Å²) in [4.78, 5) is 51.2. The van der Waals surface area contributed by atoms with Crippen LogP contribution < -0.4 is 4.74 Å². The van der Waals surface area contributed by atoms with Gasteiger partial charge < -0.3 is 9.47 Å². The van der Waals surface area contributed by atoms with Crippen LogP contribution in [0.4, 0.5) is 0 Å². The van der Waals surface area contributed by atoms with Crippen LogP contribution in [0.1, 0.15) is 23.7 Å². The highest BCUT2D eigenvalue weighted by molar-refractivity contribution is 6.09. The minimum atomic E-state index is -1.05. The van der Waals surface area contributed by atoms with Crippen molar-refractivity contribution >= 4 is 23.6 Å². The first kappa shape index (κ1) is 18.4. The number of allylic oxidation sites excluding steroid dienone is 2. The van der Waals surface area contributed by atoms with Crippen molar-refractivity contribution in [3.05, 3.63) is 42.0 Å². The van der Waals surface area contributed by atoms with Crippen LogP contribution in [-0.2, 0) is 19.1 Å². The van der Waals surface area contributed by atoms with E-state index in [2.05, 4.69) is 0 Å². The monoisotopic (exact) mass is 383 g/mol. The van der Waals surface area contributed by atoms with Gasteiger partial charge in [-0.25, -0.2) is 4.79 Å². The number of carbonyl (C=O) groups is 4. The molecule has 7 nitrogen and oxygen atoms in total. The first-order valence-electron chi connectivity index (χ1n) is 9.31. The summed E-state index contributed by atoms with van der Waals surface area (Å²) in [7, 11) is 1.49. The van der Waals surface area contributed by atoms with Gasteiger partial charge in [-0.15, -0.1) is 0 Å². The first-order chi connectivity index (χ1) is 13.4. The highest BCUT2D eigenvalue weighted by Crippen LogP contribution is 2.52. The smallest absolute Gasteiger partial charge is 0.329 e. The summed E-state index contributed by atoms with van der Waals surface area (Å²) in [6.07, 6.45) is 4.82. The van der Waals surface area contributed by atoms with Crippen molar-refractivity contribution in [3.63, 3.8) is 0 Å². The number of rotatable bonds is 6. The zero-order valence-electron chi connectivity index (χ0n) is 15.7. The second kappa shape index (κ2) is 6.89. The van der Waals surface area contributed by atoms with E-state index in [1.165, 1.54) is 14.0 Å². The van der Waals surface area contributed by atoms with Crippen molar-refractivity contribution in [1.29, 1.82) is 0 Å². The van der Waals surface area contributed by atoms with Crippen LogP contribution in [-0.4, -0.2) is 48.2 Å². The minimum Gasteiger partial charge on any atom is -0.497 e. The zero-order chi connectivity index (χ0) is 20.0. The number of imide groups is 1. The summed E-state index contributed by atoms with van der Waals surface area (Å²) in [6, 6.07) is 5.47. The van der Waals surface area contributed by atoms with E-state index in [-0.39, 0.29) is 35.5 Å². The SMILES string of the molecule is COc1cccc(C(=O)COC(=O)[C@H](C)N2C(=O)[C@H]3[C@H](C2=O)[C@H]2C=C[C@H]3C2)c1. The first-order valence-corrected chi connectivity index (χ1v) is 9.31. The number of likely N-dealkylation sites (tertiary alicyclic amines) is 1. The van der Waals surface area contributed by atoms with Gasteiger partial charge in [0.15, 0.2) is 12.4 Å². The third-order valence-corrected chi connectivity index (χ3v) is 5.97. The van der Waals surface area contributed by atoms with Gasteiger partial charge in [-0.2, -0.15) is 0 Å². The Labute approximate surface area is 162 Å². The molecule has 0 radical (unpaired) electrons. The zero-order valence-corrected chi connectivity index (χ0v) is 15.7. The number of ether oxygens (including phenoxy) is 2. The maximum Gasteiger partial charge on any atom is 0.329 e. The van der Waals surface area contributed by atoms with Crippen molar-refractivity contribution in [2.24, 2.45) is 23.7 Å². The number of amides is 2. The molecule has 2 amide bonds. The van der Waals surface area contributed by atoms with Crippen molar-refractivity contribution < 1.29 is 28.7 Å². The van der Waals surface area contributed by atoms with E-state index in [1.807, 2.05) is 12.2 Å². The second-order valence-corrected chi connectivity index (χ2v) is 7.49. The molecule has 0 unspecified atom stereocenters. The highest BCUT2D eigenvalue weighted by Gasteiger charge is 2.60. The number of ketones is 1. The second-order valence-electron chi connectivity index (χ2n) is 7.49. The summed E-state index contributed by atoms with van der Waals surface area (Å²) < 4.78 is 10.2. The third-order valence-electron chi connectivity index (χ3n) is 5.97. The Morgan fingerprint density at radius 2 is 1.79 bits per heavy atom. The molecule has 1 aromatic rings. The summed E-state index contributed by atoms with van der Waals surface area (Å²) in [5.41, 5.74) is 0.352. The van der Waals surface area contributed by atoms with Gasteiger partial charge >= 0.3 is 5.97 Å². The number of Topliss-reactive ketones (excluding diaryl/α,β-unsaturated/α-hetero) is 1. The maximum absolute atomic E-state index is 12.7. The molecule has 28 heavy (non-hydrogen) atoms. The van der Waals surface area contributed by atoms with E-state index < -0.39 is 24.4 Å². The van der Waals surface area contributed by atoms with E-state index in [0.717, 1.165) is 11.3 Å². The molecule has 5 atom stereocenters. The van der Waals surface area contributed by atoms with Gasteiger partial charge in [0.05, 0.1) is 18.9 Å². The van der Waals surface area contributed by atoms with Gasteiger partial charge in [-0.1, -0.05) is 24.3 Å². The number of methoxy groups -OCH3 is 1. The van der Waals surface area contributed by atoms with Crippen LogP contribution in [0.15, 0.2) is 36.4 Å². The molecule has 0 aromatic heterocycles. The number of esters is 1. The molecule has 4 rings (SSSR count). The Hall–Kier alpha value is -2.96. The topological polar surface area (TPSA) is 90.0 Å². The largest absolute Gasteiger partial charge is 0.497 e. The Morgan fingerprint density at radius 3 is 2.39 bits per heavy atom. The van der Waals surface area contributed by atoms with Gasteiger partial charge in [-0.05, 0) is 37.3 Å². The van der Waals surface area contributed by atoms with Crippen LogP contribution in [0.5, 0.6) is 5.75 Å². The molecule has 0 N–H and O–H groups in total. The Balaban J connectivity index is 1.39. The van der Waals surface area contributed by atoms with E-state index in [0.29, 0.717) is 11.3 Å². The molecular weight excluding hydrogens is 362 g/mol. The molecule has 2 bridgehead atoms. The van der Waals surface area contributed by atoms with Gasteiger partial charge in [0.25, 0.3) is 0 Å². The van der Waals surface area contributed by atoms with Crippen LogP contribution in [0, 0.1) is 23.7 Å². The van der Waals surface area contributed by atoms with E-state index >= 15 is 0 Å². The Bertz CT molecular complexity index is 861. The summed E-state index contributed by atoms with van der Waals surface area (Å²) >= 11 is 0. The van der Waals surface area contributed by atoms with Gasteiger partial charge in [0.2, 0.25) is 11.8 Å². The Morgan fingerprint density at radius 1 is 1.14 bits per heavy atom. The summed E-state index contributed by atoms with van der Waals surface area (Å²) in [5, 5.41) is 0. The highest BCUT2D eigenvalue weighted by atomic mass is 16.5. The Kier molecular flexibility index (Phi) is 4.53. The molecular formula is C21H21NO6. The van der Waals surface area contributed by atoms with Gasteiger partial charge in [0.1, 0.15) is 11.8 Å². The summed E-state index contributed by atoms with van der Waals surface area (Å²) in [5.74, 6) is -1.83. The van der Waals surface area contributed by atoms with Crippen molar-refractivity contribution in [2.75, 3.05) is 13.7 Å². The minimum absolute atomic E-state index is 0.0781. The van der Waals surface area contributed by atoms with E-state index in [4.69, 9.17) is 9.47 Å². The number of carbonyl (C=O) groups excluding carboxylic acids is 4. The van der Waals surface area contributed by atoms with Crippen LogP contribution in [0.2, 0.25) is 0 Å². The average molecular weight is 383 g/mol. The van der Waals surface area contributed by atoms with Crippen LogP contribution in [0.3, 0.4) is 0 Å². The molecule has 3 aliphatic rings. The quantitative estimate of drug-likeness (QED) is 0.321. The molecule has 1 saturated carbocycles. The van der Waals surface area contributed by atoms with Crippen molar-refractivity contribution in [1.82, 2.24) is 4.90 Å². The van der Waals surface area contributed by atoms with Crippen LogP contribution in [0.25, 0.3) is 0 Å². The van der Waals surface area contributed by atoms with Crippen LogP contribution >= 0.6 is 0 Å². The lowest BCUT2D eigenvalue weighted by Gasteiger charge is -2.23. The molecule has 2 aliphatic carbocycles. The fraction of sp³-hybridized carbons (Fsp3) is 0.429. The van der Waals surface area contributed by atoms with Crippen molar-refractivity contribution in [2.45, 2.75) is 19.4 Å². The number of nitrogens with zero attached hydrogens (tertiary/aromatic N) is 1. The number of hydrogen-bond donors (Lipinski definition) is 0. The predicted octanol–water partition coefficient (Wildman–Crippen LogP) is 1.62. The molecule has 1 saturated heterocycles. The number of benzene rings is 1. The summed E-state index contributed by atoms with van der Waals surface area (Å²) in [6.45, 7) is 0.997. The fourth-order valence-electron chi connectivity index (χ4n) is 4.55. The lowest BCUT2D eigenvalue weighted by Crippen LogP contribution is -2.45. The van der Waals surface area contributed by atoms with Crippen molar-refractivity contribution in [3.8, 4) is 5.75 Å². The maximum atomic E-state index is 12.7. The fourth-order valence-corrected chi connectivity index (χ4v) is 4.55. The molecule has 1 heterocycles. The molecule has 146 valence electrons. The lowest BCUT2D eigenvalue weighted by atomic mass is 9.85. The predicted molar refractivity (Wildman–Crippen MR) is 97.3 cm³/mol. The third kappa shape index (κ3) is 2.82. The molecule has 1 aliphatic heterocycles. The number of fused-ring (bicyclic) bond motifs is 5. The standard InChI is InChI=1S/C21H21NO6/c1-11(21(26)28-10-16(23)12-4-3-5-15(9-12)27-2)22-19(24)17-13-6-7-14(8-13)18(17)20(22)25/h3-7,9,11,13-14,17-18H,8,10H2,1-2H3/t11-,13-,14-,17+,18+/m0/s1. The molecule has 7 heteroatoms. The molecule has 2 fully saturated rings. The average Bonchev–Trinajstić information content (AvgIpc) is 3.39. The molecule has 1 aromatic carbocycles. The lowest BCUT2D eigenvalue weighted by molar-refractivity contribution is -0.157. The van der Waals surface area contributed by atoms with Gasteiger partial charge in [-0.3, -0.25) is 19.3 Å². The number of hydrogen-bond acceptors (Lipinski definition) is 6. The van der Waals surface area contributed by atoms with Gasteiger partial charge in [0, 0.05) is 5.56 Å². The normalized spacial score (nSPS) is 28.4. The van der Waals surface area contributed by atoms with E-state index in [9.17, 15) is 19.2 Å². The van der Waals surface area contributed by atoms with E-state index in [1.54, 1.807) is 24.3 Å².